The third-order valence-corrected chi connectivity index (χ3v) is 4.91. The molecule has 1 N–H and O–H groups in total. The van der Waals surface area contributed by atoms with Crippen LogP contribution < -0.4 is 5.32 Å². The number of carbonyl (C=O) groups excluding carboxylic acids is 2. The highest BCUT2D eigenvalue weighted by Crippen LogP contribution is 2.56. The van der Waals surface area contributed by atoms with Gasteiger partial charge >= 0.3 is 5.97 Å². The number of amides is 1. The molecule has 0 aromatic heterocycles. The van der Waals surface area contributed by atoms with Gasteiger partial charge in [-0.3, -0.25) is 13.8 Å². The monoisotopic (exact) mass is 331 g/mol. The molecule has 0 heterocycles. The molecule has 2 saturated carbocycles. The molecule has 1 amide bonds. The summed E-state index contributed by atoms with van der Waals surface area (Å²) in [5.74, 6) is -0.927. The second-order valence-corrected chi connectivity index (χ2v) is 6.98. The van der Waals surface area contributed by atoms with Gasteiger partial charge in [0.05, 0.1) is 0 Å². The van der Waals surface area contributed by atoms with Crippen molar-refractivity contribution in [3.63, 3.8) is 0 Å². The van der Waals surface area contributed by atoms with Crippen LogP contribution in [0.4, 0.5) is 0 Å². The summed E-state index contributed by atoms with van der Waals surface area (Å²) in [6.45, 7) is 6.68. The molecule has 4 atom stereocenters. The summed E-state index contributed by atoms with van der Waals surface area (Å²) in [5, 5.41) is 2.39. The molecule has 2 fully saturated rings. The van der Waals surface area contributed by atoms with Crippen molar-refractivity contribution in [3.05, 3.63) is 12.2 Å². The molecule has 124 valence electrons. The fourth-order valence-electron chi connectivity index (χ4n) is 3.44. The largest absolute Gasteiger partial charge is 0.458 e. The third kappa shape index (κ3) is 3.49. The molecular formula is C14H21NO6S. The van der Waals surface area contributed by atoms with Gasteiger partial charge in [0.2, 0.25) is 5.91 Å². The Labute approximate surface area is 131 Å². The Morgan fingerprint density at radius 2 is 2.09 bits per heavy atom. The van der Waals surface area contributed by atoms with Crippen molar-refractivity contribution in [1.29, 1.82) is 0 Å². The summed E-state index contributed by atoms with van der Waals surface area (Å²) < 4.78 is 32.2. The number of nitrogens with one attached hydrogen (secondary N) is 1. The first-order valence-electron chi connectivity index (χ1n) is 7.17. The molecule has 0 radical (unpaired) electrons. The Bertz CT molecular complexity index is 564. The van der Waals surface area contributed by atoms with Crippen LogP contribution in [0.1, 0.15) is 33.1 Å². The van der Waals surface area contributed by atoms with Crippen molar-refractivity contribution in [2.75, 3.05) is 6.54 Å². The van der Waals surface area contributed by atoms with Crippen molar-refractivity contribution in [1.82, 2.24) is 5.32 Å². The first-order valence-corrected chi connectivity index (χ1v) is 8.27. The predicted octanol–water partition coefficient (Wildman–Crippen LogP) is 0.322. The van der Waals surface area contributed by atoms with Crippen molar-refractivity contribution in [2.45, 2.75) is 45.3 Å². The van der Waals surface area contributed by atoms with Crippen LogP contribution in [0.25, 0.3) is 0 Å². The molecule has 0 aromatic carbocycles. The fourth-order valence-corrected chi connectivity index (χ4v) is 4.00. The quantitative estimate of drug-likeness (QED) is 0.413. The number of hydrogen-bond acceptors (Lipinski definition) is 6. The lowest BCUT2D eigenvalue weighted by atomic mass is 9.83. The van der Waals surface area contributed by atoms with Gasteiger partial charge in [-0.1, -0.05) is 13.5 Å². The second-order valence-electron chi connectivity index (χ2n) is 6.32. The zero-order valence-corrected chi connectivity index (χ0v) is 13.6. The number of rotatable bonds is 6. The average molecular weight is 331 g/mol. The van der Waals surface area contributed by atoms with Crippen LogP contribution in [0, 0.1) is 11.3 Å². The van der Waals surface area contributed by atoms with E-state index in [2.05, 4.69) is 11.9 Å². The van der Waals surface area contributed by atoms with E-state index in [1.54, 1.807) is 0 Å². The van der Waals surface area contributed by atoms with Gasteiger partial charge in [0.25, 0.3) is 11.0 Å². The minimum absolute atomic E-state index is 0.103. The van der Waals surface area contributed by atoms with Gasteiger partial charge in [0.15, 0.2) is 0 Å². The van der Waals surface area contributed by atoms with Crippen LogP contribution in [-0.2, 0) is 29.5 Å². The Morgan fingerprint density at radius 1 is 1.41 bits per heavy atom. The van der Waals surface area contributed by atoms with Gasteiger partial charge in [0, 0.05) is 5.57 Å². The van der Waals surface area contributed by atoms with Crippen LogP contribution in [0.15, 0.2) is 12.2 Å². The van der Waals surface area contributed by atoms with E-state index in [0.29, 0.717) is 5.57 Å². The average Bonchev–Trinajstić information content (AvgIpc) is 2.92. The van der Waals surface area contributed by atoms with Crippen LogP contribution in [0.3, 0.4) is 0 Å². The van der Waals surface area contributed by atoms with Crippen LogP contribution in [0.5, 0.6) is 0 Å². The van der Waals surface area contributed by atoms with Gasteiger partial charge in [-0.2, -0.15) is 0 Å². The lowest BCUT2D eigenvalue weighted by Crippen LogP contribution is -2.44. The topological polar surface area (TPSA) is 98.8 Å². The molecule has 2 aliphatic carbocycles. The van der Waals surface area contributed by atoms with Crippen molar-refractivity contribution in [2.24, 2.45) is 11.3 Å². The van der Waals surface area contributed by atoms with E-state index in [4.69, 9.17) is 8.92 Å². The van der Waals surface area contributed by atoms with Crippen LogP contribution >= 0.6 is 0 Å². The minimum atomic E-state index is -3.01. The Morgan fingerprint density at radius 3 is 2.68 bits per heavy atom. The second kappa shape index (κ2) is 6.37. The van der Waals surface area contributed by atoms with Gasteiger partial charge in [0.1, 0.15) is 18.8 Å². The number of fused-ring (bicyclic) bond motifs is 2. The van der Waals surface area contributed by atoms with E-state index in [-0.39, 0.29) is 17.9 Å². The molecule has 2 bridgehead atoms. The fraction of sp³-hybridized carbons (Fsp3) is 0.714. The number of hydrogen-bond donors (Lipinski definition) is 2. The minimum Gasteiger partial charge on any atom is -0.458 e. The van der Waals surface area contributed by atoms with E-state index in [0.717, 1.165) is 19.3 Å². The van der Waals surface area contributed by atoms with E-state index in [1.807, 2.05) is 6.92 Å². The highest BCUT2D eigenvalue weighted by atomic mass is 32.2. The normalized spacial score (nSPS) is 33.0. The van der Waals surface area contributed by atoms with Crippen molar-refractivity contribution in [3.8, 4) is 0 Å². The van der Waals surface area contributed by atoms with Gasteiger partial charge < -0.3 is 10.1 Å². The van der Waals surface area contributed by atoms with E-state index < -0.39 is 35.1 Å². The standard InChI is InChI=1S/C14H21NO6S/c1-8(2)13(17)15-7-10(16)20-11-9-4-5-14(3,6-9)12(11)21-22(18)19/h9,11-12,22H,1,4-7H2,2-3H3,(H,15,17). The maximum Gasteiger partial charge on any atom is 0.325 e. The molecule has 0 aliphatic heterocycles. The number of carbonyl (C=O) groups is 2. The first kappa shape index (κ1) is 17.0. The van der Waals surface area contributed by atoms with Crippen LogP contribution in [-0.4, -0.2) is 39.0 Å². The summed E-state index contributed by atoms with van der Waals surface area (Å²) in [4.78, 5) is 23.2. The predicted molar refractivity (Wildman–Crippen MR) is 78.3 cm³/mol. The molecule has 4 unspecified atom stereocenters. The maximum absolute atomic E-state index is 11.9. The highest BCUT2D eigenvalue weighted by molar-refractivity contribution is 7.67. The molecule has 2 aliphatic rings. The molecule has 0 spiro atoms. The maximum atomic E-state index is 11.9. The lowest BCUT2D eigenvalue weighted by molar-refractivity contribution is -0.158. The Hall–Kier alpha value is -1.41. The first-order chi connectivity index (χ1) is 10.2. The number of ether oxygens (including phenoxy) is 1. The SMILES string of the molecule is C=C(C)C(=O)NCC(=O)OC1C2CCC(C)(C2)C1O[SH](=O)=O. The highest BCUT2D eigenvalue weighted by Gasteiger charge is 2.58. The van der Waals surface area contributed by atoms with E-state index >= 15 is 0 Å². The van der Waals surface area contributed by atoms with E-state index in [9.17, 15) is 18.0 Å². The molecular weight excluding hydrogens is 310 g/mol. The Kier molecular flexibility index (Phi) is 4.91. The smallest absolute Gasteiger partial charge is 0.325 e. The molecule has 8 heteroatoms. The summed E-state index contributed by atoms with van der Waals surface area (Å²) in [6.07, 6.45) is 1.28. The molecule has 0 aromatic rings. The Balaban J connectivity index is 1.97. The zero-order chi connectivity index (χ0) is 16.5. The van der Waals surface area contributed by atoms with Crippen molar-refractivity contribution < 1.29 is 26.9 Å². The van der Waals surface area contributed by atoms with Gasteiger partial charge in [-0.25, -0.2) is 8.42 Å². The summed E-state index contributed by atoms with van der Waals surface area (Å²) >= 11 is 0. The zero-order valence-electron chi connectivity index (χ0n) is 12.7. The summed E-state index contributed by atoms with van der Waals surface area (Å²) in [7, 11) is -3.01. The number of esters is 1. The molecule has 22 heavy (non-hydrogen) atoms. The number of thiol groups is 1. The third-order valence-electron chi connectivity index (χ3n) is 4.51. The summed E-state index contributed by atoms with van der Waals surface area (Å²) in [5.41, 5.74) is 0.0104. The van der Waals surface area contributed by atoms with Crippen molar-refractivity contribution >= 4 is 22.9 Å². The summed E-state index contributed by atoms with van der Waals surface area (Å²) in [6, 6.07) is 0. The molecule has 7 nitrogen and oxygen atoms in total. The van der Waals surface area contributed by atoms with E-state index in [1.165, 1.54) is 6.92 Å². The molecule has 0 saturated heterocycles. The van der Waals surface area contributed by atoms with Gasteiger partial charge in [-0.05, 0) is 37.5 Å². The van der Waals surface area contributed by atoms with Gasteiger partial charge in [-0.15, -0.1) is 0 Å². The van der Waals surface area contributed by atoms with Crippen LogP contribution in [0.2, 0.25) is 0 Å². The lowest BCUT2D eigenvalue weighted by Gasteiger charge is -2.34. The molecule has 2 rings (SSSR count).